The molecule has 0 radical (unpaired) electrons. The van der Waals surface area contributed by atoms with Gasteiger partial charge in [-0.05, 0) is 6.07 Å². The van der Waals surface area contributed by atoms with Gasteiger partial charge in [-0.15, -0.1) is 0 Å². The van der Waals surface area contributed by atoms with Crippen molar-refractivity contribution in [3.8, 4) is 11.8 Å². The molecule has 0 N–H and O–H groups in total. The van der Waals surface area contributed by atoms with E-state index in [1.807, 2.05) is 0 Å². The summed E-state index contributed by atoms with van der Waals surface area (Å²) < 4.78 is 29.6. The summed E-state index contributed by atoms with van der Waals surface area (Å²) in [5.41, 5.74) is -2.39. The largest absolute Gasteiger partial charge is 0.351 e. The minimum Gasteiger partial charge on any atom is -0.246 e. The third kappa shape index (κ3) is 1.76. The predicted molar refractivity (Wildman–Crippen MR) is 60.9 cm³/mol. The van der Waals surface area contributed by atoms with Gasteiger partial charge in [-0.3, -0.25) is 0 Å². The average Bonchev–Trinajstić information content (AvgIpc) is 2.57. The van der Waals surface area contributed by atoms with Gasteiger partial charge in [0.2, 0.25) is 0 Å². The van der Waals surface area contributed by atoms with Crippen molar-refractivity contribution in [2.75, 3.05) is 0 Å². The molecule has 6 nitrogen and oxygen atoms in total. The number of nitriles is 1. The van der Waals surface area contributed by atoms with Gasteiger partial charge in [-0.1, -0.05) is 0 Å². The molecule has 0 saturated heterocycles. The van der Waals surface area contributed by atoms with Crippen LogP contribution in [-0.2, 0) is 14.1 Å². The molecule has 0 atom stereocenters. The molecule has 0 unspecified atom stereocenters. The Labute approximate surface area is 105 Å². The van der Waals surface area contributed by atoms with Crippen LogP contribution in [0.5, 0.6) is 0 Å². The number of aromatic nitrogens is 3. The van der Waals surface area contributed by atoms with Gasteiger partial charge in [0.15, 0.2) is 5.82 Å². The first-order valence-corrected chi connectivity index (χ1v) is 5.13. The maximum absolute atomic E-state index is 13.8. The summed E-state index contributed by atoms with van der Waals surface area (Å²) in [5, 5.41) is 8.58. The van der Waals surface area contributed by atoms with Crippen molar-refractivity contribution < 1.29 is 8.78 Å². The van der Waals surface area contributed by atoms with Crippen molar-refractivity contribution in [2.24, 2.45) is 14.1 Å². The van der Waals surface area contributed by atoms with Gasteiger partial charge in [0.25, 0.3) is 0 Å². The number of nitrogens with zero attached hydrogens (tertiary/aromatic N) is 4. The summed E-state index contributed by atoms with van der Waals surface area (Å²) in [6, 6.07) is 2.86. The summed E-state index contributed by atoms with van der Waals surface area (Å²) in [7, 11) is 2.47. The lowest BCUT2D eigenvalue weighted by atomic mass is 10.2. The fourth-order valence-electron chi connectivity index (χ4n) is 1.70. The van der Waals surface area contributed by atoms with Gasteiger partial charge >= 0.3 is 11.4 Å². The Bertz CT molecular complexity index is 823. The SMILES string of the molecule is Cn1c(=O)n(C)n(-c2cc(F)c(C#N)cc2F)c1=O. The molecule has 19 heavy (non-hydrogen) atoms. The summed E-state index contributed by atoms with van der Waals surface area (Å²) >= 11 is 0. The van der Waals surface area contributed by atoms with Gasteiger partial charge in [-0.25, -0.2) is 27.6 Å². The predicted octanol–water partition coefficient (Wildman–Crippen LogP) is 0.0246. The molecule has 1 aromatic heterocycles. The van der Waals surface area contributed by atoms with Gasteiger partial charge in [0.1, 0.15) is 17.6 Å². The fraction of sp³-hybridized carbons (Fsp3) is 0.182. The highest BCUT2D eigenvalue weighted by Gasteiger charge is 2.17. The standard InChI is InChI=1S/C11H8F2N4O2/c1-15-10(18)16(2)17(11(15)19)9-4-7(12)6(5-14)3-8(9)13/h3-4H,1-2H3. The molecule has 0 aliphatic rings. The summed E-state index contributed by atoms with van der Waals surface area (Å²) in [5.74, 6) is -1.94. The first kappa shape index (κ1) is 12.8. The smallest absolute Gasteiger partial charge is 0.246 e. The van der Waals surface area contributed by atoms with Crippen LogP contribution < -0.4 is 11.4 Å². The lowest BCUT2D eigenvalue weighted by Crippen LogP contribution is -2.25. The van der Waals surface area contributed by atoms with Crippen molar-refractivity contribution in [1.82, 2.24) is 13.9 Å². The summed E-state index contributed by atoms with van der Waals surface area (Å²) in [6.07, 6.45) is 0. The Morgan fingerprint density at radius 1 is 1.11 bits per heavy atom. The molecule has 98 valence electrons. The van der Waals surface area contributed by atoms with E-state index in [2.05, 4.69) is 0 Å². The quantitative estimate of drug-likeness (QED) is 0.730. The average molecular weight is 266 g/mol. The van der Waals surface area contributed by atoms with E-state index < -0.39 is 34.3 Å². The third-order valence-electron chi connectivity index (χ3n) is 2.72. The molecule has 0 bridgehead atoms. The van der Waals surface area contributed by atoms with E-state index in [9.17, 15) is 18.4 Å². The van der Waals surface area contributed by atoms with Crippen LogP contribution in [0, 0.1) is 23.0 Å². The monoisotopic (exact) mass is 266 g/mol. The molecule has 2 rings (SSSR count). The molecule has 0 aliphatic heterocycles. The minimum absolute atomic E-state index is 0.429. The van der Waals surface area contributed by atoms with E-state index in [1.54, 1.807) is 0 Å². The summed E-state index contributed by atoms with van der Waals surface area (Å²) in [6.45, 7) is 0. The lowest BCUT2D eigenvalue weighted by molar-refractivity contribution is 0.554. The molecular formula is C11H8F2N4O2. The zero-order valence-corrected chi connectivity index (χ0v) is 10.0. The Hall–Kier alpha value is -2.69. The molecule has 1 aromatic carbocycles. The van der Waals surface area contributed by atoms with Crippen molar-refractivity contribution in [1.29, 1.82) is 5.26 Å². The van der Waals surface area contributed by atoms with Gasteiger partial charge in [0.05, 0.1) is 5.56 Å². The van der Waals surface area contributed by atoms with Crippen molar-refractivity contribution >= 4 is 0 Å². The zero-order chi connectivity index (χ0) is 14.3. The van der Waals surface area contributed by atoms with E-state index in [-0.39, 0.29) is 0 Å². The first-order valence-electron chi connectivity index (χ1n) is 5.13. The van der Waals surface area contributed by atoms with Crippen molar-refractivity contribution in [3.05, 3.63) is 50.3 Å². The van der Waals surface area contributed by atoms with Crippen molar-refractivity contribution in [3.63, 3.8) is 0 Å². The maximum atomic E-state index is 13.8. The molecule has 0 aliphatic carbocycles. The maximum Gasteiger partial charge on any atom is 0.351 e. The first-order chi connectivity index (χ1) is 8.88. The Morgan fingerprint density at radius 2 is 1.74 bits per heavy atom. The number of hydrogen-bond acceptors (Lipinski definition) is 3. The lowest BCUT2D eigenvalue weighted by Gasteiger charge is -2.07. The van der Waals surface area contributed by atoms with E-state index in [1.165, 1.54) is 20.2 Å². The highest BCUT2D eigenvalue weighted by Crippen LogP contribution is 2.16. The second-order valence-corrected chi connectivity index (χ2v) is 3.85. The molecule has 0 saturated carbocycles. The number of halogens is 2. The minimum atomic E-state index is -0.971. The highest BCUT2D eigenvalue weighted by molar-refractivity contribution is 5.41. The molecule has 1 heterocycles. The van der Waals surface area contributed by atoms with Crippen LogP contribution in [-0.4, -0.2) is 13.9 Å². The topological polar surface area (TPSA) is 72.7 Å². The Morgan fingerprint density at radius 3 is 2.21 bits per heavy atom. The Balaban J connectivity index is 2.86. The normalized spacial score (nSPS) is 10.5. The van der Waals surface area contributed by atoms with Gasteiger partial charge < -0.3 is 0 Å². The highest BCUT2D eigenvalue weighted by atomic mass is 19.1. The van der Waals surface area contributed by atoms with Crippen LogP contribution in [0.1, 0.15) is 5.56 Å². The van der Waals surface area contributed by atoms with Crippen LogP contribution in [0.15, 0.2) is 21.7 Å². The number of hydrogen-bond donors (Lipinski definition) is 0. The van der Waals surface area contributed by atoms with E-state index in [0.717, 1.165) is 9.25 Å². The third-order valence-corrected chi connectivity index (χ3v) is 2.72. The Kier molecular flexibility index (Phi) is 2.82. The zero-order valence-electron chi connectivity index (χ0n) is 10.0. The van der Waals surface area contributed by atoms with E-state index >= 15 is 0 Å². The van der Waals surface area contributed by atoms with Crippen LogP contribution in [0.4, 0.5) is 8.78 Å². The molecule has 0 amide bonds. The van der Waals surface area contributed by atoms with Crippen LogP contribution in [0.2, 0.25) is 0 Å². The van der Waals surface area contributed by atoms with Crippen LogP contribution >= 0.6 is 0 Å². The van der Waals surface area contributed by atoms with Gasteiger partial charge in [0, 0.05) is 20.2 Å². The number of rotatable bonds is 1. The fourth-order valence-corrected chi connectivity index (χ4v) is 1.70. The van der Waals surface area contributed by atoms with Crippen LogP contribution in [0.25, 0.3) is 5.69 Å². The molecule has 2 aromatic rings. The molecular weight excluding hydrogens is 258 g/mol. The van der Waals surface area contributed by atoms with Gasteiger partial charge in [-0.2, -0.15) is 9.94 Å². The molecule has 0 fully saturated rings. The second-order valence-electron chi connectivity index (χ2n) is 3.85. The van der Waals surface area contributed by atoms with Crippen molar-refractivity contribution in [2.45, 2.75) is 0 Å². The molecule has 0 spiro atoms. The summed E-state index contributed by atoms with van der Waals surface area (Å²) in [4.78, 5) is 23.3. The van der Waals surface area contributed by atoms with Crippen LogP contribution in [0.3, 0.4) is 0 Å². The van der Waals surface area contributed by atoms with E-state index in [0.29, 0.717) is 16.8 Å². The van der Waals surface area contributed by atoms with E-state index in [4.69, 9.17) is 5.26 Å². The molecule has 8 heteroatoms. The second kappa shape index (κ2) is 4.20. The number of benzene rings is 1.